The Morgan fingerprint density at radius 2 is 1.92 bits per heavy atom. The molecule has 1 aromatic carbocycles. The van der Waals surface area contributed by atoms with Gasteiger partial charge in [0.05, 0.1) is 0 Å². The van der Waals surface area contributed by atoms with E-state index in [1.807, 2.05) is 39.0 Å². The first-order valence-electron chi connectivity index (χ1n) is 8.51. The molecule has 0 saturated carbocycles. The summed E-state index contributed by atoms with van der Waals surface area (Å²) in [6.07, 6.45) is 1.69. The molecule has 0 aliphatic rings. The van der Waals surface area contributed by atoms with Crippen LogP contribution in [-0.4, -0.2) is 21.7 Å². The number of nitrogen functional groups attached to an aromatic ring is 1. The number of hydrogen-bond donors (Lipinski definition) is 3. The van der Waals surface area contributed by atoms with Gasteiger partial charge < -0.3 is 16.0 Å². The van der Waals surface area contributed by atoms with E-state index >= 15 is 0 Å². The zero-order valence-electron chi connectivity index (χ0n) is 15.5. The summed E-state index contributed by atoms with van der Waals surface area (Å²) in [5.41, 5.74) is 8.18. The van der Waals surface area contributed by atoms with Crippen molar-refractivity contribution in [1.82, 2.24) is 9.55 Å². The fourth-order valence-corrected chi connectivity index (χ4v) is 2.94. The fourth-order valence-electron chi connectivity index (χ4n) is 2.74. The summed E-state index contributed by atoms with van der Waals surface area (Å²) in [6.45, 7) is 6.41. The molecule has 2 rings (SSSR count). The number of nitrogens with one attached hydrogen (secondary N) is 2. The Morgan fingerprint density at radius 1 is 1.31 bits per heavy atom. The van der Waals surface area contributed by atoms with Crippen LogP contribution in [0.2, 0.25) is 0 Å². The maximum atomic E-state index is 12.3. The molecule has 1 aromatic heterocycles. The minimum absolute atomic E-state index is 0.111. The second kappa shape index (κ2) is 8.18. The Bertz CT molecular complexity index is 912. The van der Waals surface area contributed by atoms with Gasteiger partial charge >= 0.3 is 5.69 Å². The van der Waals surface area contributed by atoms with E-state index in [4.69, 9.17) is 18.0 Å². The van der Waals surface area contributed by atoms with Gasteiger partial charge in [-0.25, -0.2) is 4.79 Å². The van der Waals surface area contributed by atoms with Crippen molar-refractivity contribution in [2.45, 2.75) is 40.2 Å². The number of unbranched alkanes of at least 4 members (excludes halogenated alkanes) is 1. The van der Waals surface area contributed by atoms with Crippen molar-refractivity contribution < 1.29 is 0 Å². The first-order valence-corrected chi connectivity index (χ1v) is 8.92. The van der Waals surface area contributed by atoms with Gasteiger partial charge in [-0.1, -0.05) is 31.5 Å². The number of aromatic nitrogens is 2. The van der Waals surface area contributed by atoms with Gasteiger partial charge in [0.2, 0.25) is 0 Å². The Balaban J connectivity index is 2.40. The Hall–Kier alpha value is -2.61. The van der Waals surface area contributed by atoms with Gasteiger partial charge in [-0.15, -0.1) is 0 Å². The number of aromatic amines is 1. The lowest BCUT2D eigenvalue weighted by atomic mass is 10.1. The SMILES string of the molecule is CCCCn1c(N)c(N(C)C(=S)Nc2c(C)cccc2C)c(=O)[nH]c1=O. The third-order valence-electron chi connectivity index (χ3n) is 4.30. The highest BCUT2D eigenvalue weighted by Gasteiger charge is 2.19. The van der Waals surface area contributed by atoms with E-state index in [1.54, 1.807) is 7.05 Å². The van der Waals surface area contributed by atoms with Crippen LogP contribution in [0.15, 0.2) is 27.8 Å². The molecule has 0 aliphatic heterocycles. The number of nitrogens with zero attached hydrogens (tertiary/aromatic N) is 2. The minimum atomic E-state index is -0.562. The lowest BCUT2D eigenvalue weighted by Crippen LogP contribution is -2.41. The van der Waals surface area contributed by atoms with Crippen LogP contribution in [0.5, 0.6) is 0 Å². The molecule has 0 unspecified atom stereocenters. The highest BCUT2D eigenvalue weighted by molar-refractivity contribution is 7.80. The number of rotatable bonds is 5. The molecule has 0 atom stereocenters. The average molecular weight is 375 g/mol. The lowest BCUT2D eigenvalue weighted by Gasteiger charge is -2.24. The number of aryl methyl sites for hydroxylation is 2. The summed E-state index contributed by atoms with van der Waals surface area (Å²) in [5, 5.41) is 3.49. The Labute approximate surface area is 157 Å². The van der Waals surface area contributed by atoms with Crippen LogP contribution < -0.4 is 27.2 Å². The molecule has 140 valence electrons. The summed E-state index contributed by atoms with van der Waals surface area (Å²) in [5.74, 6) is 0.111. The quantitative estimate of drug-likeness (QED) is 0.695. The van der Waals surface area contributed by atoms with E-state index in [2.05, 4.69) is 10.3 Å². The third-order valence-corrected chi connectivity index (χ3v) is 4.68. The molecule has 4 N–H and O–H groups in total. The number of benzene rings is 1. The number of anilines is 3. The molecule has 7 nitrogen and oxygen atoms in total. The van der Waals surface area contributed by atoms with Gasteiger partial charge in [0, 0.05) is 19.3 Å². The van der Waals surface area contributed by atoms with Crippen LogP contribution in [0.4, 0.5) is 17.2 Å². The molecule has 0 spiro atoms. The maximum absolute atomic E-state index is 12.3. The van der Waals surface area contributed by atoms with Gasteiger partial charge in [0.1, 0.15) is 11.5 Å². The normalized spacial score (nSPS) is 10.6. The number of para-hydroxylation sites is 1. The molecular formula is C18H25N5O2S. The van der Waals surface area contributed by atoms with Crippen molar-refractivity contribution >= 4 is 34.5 Å². The van der Waals surface area contributed by atoms with Gasteiger partial charge in [0.25, 0.3) is 5.56 Å². The van der Waals surface area contributed by atoms with Gasteiger partial charge in [-0.3, -0.25) is 14.3 Å². The van der Waals surface area contributed by atoms with E-state index in [0.717, 1.165) is 29.7 Å². The van der Waals surface area contributed by atoms with Gasteiger partial charge in [-0.05, 0) is 43.6 Å². The highest BCUT2D eigenvalue weighted by Crippen LogP contribution is 2.22. The van der Waals surface area contributed by atoms with Crippen LogP contribution in [0, 0.1) is 13.8 Å². The van der Waals surface area contributed by atoms with E-state index < -0.39 is 11.2 Å². The second-order valence-corrected chi connectivity index (χ2v) is 6.64. The highest BCUT2D eigenvalue weighted by atomic mass is 32.1. The topological polar surface area (TPSA) is 96.2 Å². The van der Waals surface area contributed by atoms with Crippen molar-refractivity contribution in [3.63, 3.8) is 0 Å². The molecule has 0 bridgehead atoms. The van der Waals surface area contributed by atoms with Gasteiger partial charge in [0.15, 0.2) is 5.11 Å². The molecule has 0 radical (unpaired) electrons. The molecule has 0 amide bonds. The van der Waals surface area contributed by atoms with Crippen molar-refractivity contribution in [3.8, 4) is 0 Å². The predicted molar refractivity (Wildman–Crippen MR) is 111 cm³/mol. The molecule has 0 aliphatic carbocycles. The number of H-pyrrole nitrogens is 1. The predicted octanol–water partition coefficient (Wildman–Crippen LogP) is 2.37. The molecule has 0 fully saturated rings. The van der Waals surface area contributed by atoms with Crippen LogP contribution >= 0.6 is 12.2 Å². The van der Waals surface area contributed by atoms with E-state index in [-0.39, 0.29) is 11.5 Å². The molecule has 2 aromatic rings. The molecular weight excluding hydrogens is 350 g/mol. The summed E-state index contributed by atoms with van der Waals surface area (Å²) in [4.78, 5) is 28.2. The third kappa shape index (κ3) is 3.96. The Morgan fingerprint density at radius 3 is 2.50 bits per heavy atom. The summed E-state index contributed by atoms with van der Waals surface area (Å²) in [6, 6.07) is 5.92. The standard InChI is InChI=1S/C18H25N5O2S/c1-5-6-10-23-15(19)14(16(24)21-17(23)25)22(4)18(26)20-13-11(2)8-7-9-12(13)3/h7-9H,5-6,10,19H2,1-4H3,(H,20,26)(H,21,24,25). The van der Waals surface area contributed by atoms with Crippen molar-refractivity contribution in [3.05, 3.63) is 50.2 Å². The van der Waals surface area contributed by atoms with Crippen LogP contribution in [-0.2, 0) is 6.54 Å². The zero-order valence-corrected chi connectivity index (χ0v) is 16.4. The Kier molecular flexibility index (Phi) is 6.20. The number of hydrogen-bond acceptors (Lipinski definition) is 4. The monoisotopic (exact) mass is 375 g/mol. The summed E-state index contributed by atoms with van der Waals surface area (Å²) in [7, 11) is 1.65. The smallest absolute Gasteiger partial charge is 0.330 e. The first-order chi connectivity index (χ1) is 12.3. The second-order valence-electron chi connectivity index (χ2n) is 6.25. The number of nitrogens with two attached hydrogens (primary N) is 1. The van der Waals surface area contributed by atoms with E-state index in [0.29, 0.717) is 11.7 Å². The molecule has 0 saturated heterocycles. The van der Waals surface area contributed by atoms with Crippen molar-refractivity contribution in [2.24, 2.45) is 0 Å². The molecule has 1 heterocycles. The van der Waals surface area contributed by atoms with E-state index in [9.17, 15) is 9.59 Å². The van der Waals surface area contributed by atoms with Crippen LogP contribution in [0.25, 0.3) is 0 Å². The maximum Gasteiger partial charge on any atom is 0.330 e. The van der Waals surface area contributed by atoms with Gasteiger partial charge in [-0.2, -0.15) is 0 Å². The summed E-state index contributed by atoms with van der Waals surface area (Å²) >= 11 is 5.46. The zero-order chi connectivity index (χ0) is 19.4. The minimum Gasteiger partial charge on any atom is -0.383 e. The van der Waals surface area contributed by atoms with E-state index in [1.165, 1.54) is 9.47 Å². The van der Waals surface area contributed by atoms with Crippen LogP contribution in [0.1, 0.15) is 30.9 Å². The summed E-state index contributed by atoms with van der Waals surface area (Å²) < 4.78 is 1.37. The lowest BCUT2D eigenvalue weighted by molar-refractivity contribution is 0.605. The van der Waals surface area contributed by atoms with Crippen LogP contribution in [0.3, 0.4) is 0 Å². The average Bonchev–Trinajstić information content (AvgIpc) is 2.57. The molecule has 8 heteroatoms. The largest absolute Gasteiger partial charge is 0.383 e. The first kappa shape index (κ1) is 19.7. The number of thiocarbonyl (C=S) groups is 1. The fraction of sp³-hybridized carbons (Fsp3) is 0.389. The van der Waals surface area contributed by atoms with Crippen molar-refractivity contribution in [2.75, 3.05) is 23.0 Å². The molecule has 26 heavy (non-hydrogen) atoms. The van der Waals surface area contributed by atoms with Crippen molar-refractivity contribution in [1.29, 1.82) is 0 Å².